The number of rotatable bonds is 9. The van der Waals surface area contributed by atoms with Gasteiger partial charge in [0.05, 0.1) is 13.2 Å². The normalized spacial score (nSPS) is 16.2. The van der Waals surface area contributed by atoms with Crippen molar-refractivity contribution in [2.45, 2.75) is 45.4 Å². The fraction of sp³-hybridized carbons (Fsp3) is 0.423. The highest BCUT2D eigenvalue weighted by Gasteiger charge is 2.34. The van der Waals surface area contributed by atoms with E-state index in [0.717, 1.165) is 11.3 Å². The van der Waals surface area contributed by atoms with Gasteiger partial charge in [0.25, 0.3) is 0 Å². The summed E-state index contributed by atoms with van der Waals surface area (Å²) in [6, 6.07) is 8.73. The van der Waals surface area contributed by atoms with E-state index >= 15 is 0 Å². The largest absolute Gasteiger partial charge is 0.497 e. The summed E-state index contributed by atoms with van der Waals surface area (Å²) in [5, 5.41) is 3.24. The van der Waals surface area contributed by atoms with E-state index in [4.69, 9.17) is 21.1 Å². The van der Waals surface area contributed by atoms with Crippen LogP contribution in [-0.2, 0) is 16.1 Å². The Labute approximate surface area is 226 Å². The van der Waals surface area contributed by atoms with E-state index in [-0.39, 0.29) is 23.6 Å². The summed E-state index contributed by atoms with van der Waals surface area (Å²) in [5.41, 5.74) is 0.945. The number of halogens is 1. The van der Waals surface area contributed by atoms with Crippen molar-refractivity contribution in [1.29, 1.82) is 0 Å². The minimum atomic E-state index is -0.429. The standard InChI is InChI=1S/C26H32ClN7O4/c1-4-18(2)38-26(36)34-12-11-32(23-14-22(27)30-25(31-23)33-10-9-28-17-33)16-20(34)13-24(35)29-15-19-5-7-21(37-3)8-6-19/h5-10,14,17-18,20H,4,11-13,15-16H2,1-3H3,(H,29,35). The van der Waals surface area contributed by atoms with E-state index in [1.54, 1.807) is 41.4 Å². The Bertz CT molecular complexity index is 1220. The number of nitrogens with one attached hydrogen (secondary N) is 1. The molecule has 3 aromatic rings. The smallest absolute Gasteiger partial charge is 0.410 e. The van der Waals surface area contributed by atoms with E-state index in [0.29, 0.717) is 44.4 Å². The SMILES string of the molecule is CCC(C)OC(=O)N1CCN(c2cc(Cl)nc(-n3ccnc3)n2)CC1CC(=O)NCc1ccc(OC)cc1. The highest BCUT2D eigenvalue weighted by atomic mass is 35.5. The van der Waals surface area contributed by atoms with Crippen LogP contribution in [0.4, 0.5) is 10.6 Å². The number of ether oxygens (including phenoxy) is 2. The molecule has 1 aliphatic heterocycles. The van der Waals surface area contributed by atoms with E-state index < -0.39 is 12.1 Å². The Kier molecular flexibility index (Phi) is 9.01. The molecule has 1 aliphatic rings. The molecule has 0 spiro atoms. The first-order chi connectivity index (χ1) is 18.4. The number of imidazole rings is 1. The van der Waals surface area contributed by atoms with E-state index in [9.17, 15) is 9.59 Å². The second kappa shape index (κ2) is 12.6. The van der Waals surface area contributed by atoms with Gasteiger partial charge in [-0.2, -0.15) is 4.98 Å². The number of hydrogen-bond donors (Lipinski definition) is 1. The van der Waals surface area contributed by atoms with E-state index in [1.807, 2.05) is 43.0 Å². The van der Waals surface area contributed by atoms with Crippen LogP contribution < -0.4 is 15.0 Å². The van der Waals surface area contributed by atoms with Crippen molar-refractivity contribution in [3.05, 3.63) is 59.8 Å². The molecule has 2 unspecified atom stereocenters. The van der Waals surface area contributed by atoms with Crippen molar-refractivity contribution in [2.75, 3.05) is 31.6 Å². The van der Waals surface area contributed by atoms with Gasteiger partial charge < -0.3 is 24.6 Å². The summed E-state index contributed by atoms with van der Waals surface area (Å²) < 4.78 is 12.4. The quantitative estimate of drug-likeness (QED) is 0.410. The van der Waals surface area contributed by atoms with E-state index in [2.05, 4.69) is 20.3 Å². The van der Waals surface area contributed by atoms with Crippen LogP contribution >= 0.6 is 11.6 Å². The van der Waals surface area contributed by atoms with Crippen molar-refractivity contribution < 1.29 is 19.1 Å². The first kappa shape index (κ1) is 27.2. The number of benzene rings is 1. The fourth-order valence-electron chi connectivity index (χ4n) is 4.08. The molecule has 3 heterocycles. The average Bonchev–Trinajstić information content (AvgIpc) is 3.47. The molecule has 1 saturated heterocycles. The minimum Gasteiger partial charge on any atom is -0.497 e. The number of hydrogen-bond acceptors (Lipinski definition) is 8. The van der Waals surface area contributed by atoms with Crippen LogP contribution in [0.15, 0.2) is 49.1 Å². The maximum Gasteiger partial charge on any atom is 0.410 e. The molecule has 0 bridgehead atoms. The predicted molar refractivity (Wildman–Crippen MR) is 143 cm³/mol. The second-order valence-electron chi connectivity index (χ2n) is 9.04. The summed E-state index contributed by atoms with van der Waals surface area (Å²) >= 11 is 6.31. The Morgan fingerprint density at radius 1 is 1.21 bits per heavy atom. The maximum atomic E-state index is 13.0. The Morgan fingerprint density at radius 3 is 2.68 bits per heavy atom. The molecule has 1 N–H and O–H groups in total. The van der Waals surface area contributed by atoms with Crippen LogP contribution in [-0.4, -0.2) is 75.3 Å². The molecule has 38 heavy (non-hydrogen) atoms. The second-order valence-corrected chi connectivity index (χ2v) is 9.43. The number of amides is 2. The zero-order valence-electron chi connectivity index (χ0n) is 21.7. The van der Waals surface area contributed by atoms with Crippen molar-refractivity contribution >= 4 is 29.4 Å². The molecular formula is C26H32ClN7O4. The molecular weight excluding hydrogens is 510 g/mol. The molecule has 2 aromatic heterocycles. The van der Waals surface area contributed by atoms with Gasteiger partial charge in [-0.15, -0.1) is 0 Å². The number of carbonyl (C=O) groups excluding carboxylic acids is 2. The van der Waals surface area contributed by atoms with Crippen molar-refractivity contribution in [3.63, 3.8) is 0 Å². The van der Waals surface area contributed by atoms with Crippen molar-refractivity contribution in [3.8, 4) is 11.7 Å². The lowest BCUT2D eigenvalue weighted by Crippen LogP contribution is -2.57. The average molecular weight is 542 g/mol. The highest BCUT2D eigenvalue weighted by molar-refractivity contribution is 6.29. The van der Waals surface area contributed by atoms with Gasteiger partial charge in [0.2, 0.25) is 11.9 Å². The minimum absolute atomic E-state index is 0.107. The lowest BCUT2D eigenvalue weighted by atomic mass is 10.1. The van der Waals surface area contributed by atoms with Crippen LogP contribution in [0.2, 0.25) is 5.15 Å². The summed E-state index contributed by atoms with van der Waals surface area (Å²) in [5.74, 6) is 1.57. The molecule has 0 radical (unpaired) electrons. The molecule has 12 heteroatoms. The van der Waals surface area contributed by atoms with Crippen molar-refractivity contribution in [2.24, 2.45) is 0 Å². The van der Waals surface area contributed by atoms with Crippen LogP contribution in [0.3, 0.4) is 0 Å². The van der Waals surface area contributed by atoms with Gasteiger partial charge in [0.15, 0.2) is 0 Å². The highest BCUT2D eigenvalue weighted by Crippen LogP contribution is 2.23. The third kappa shape index (κ3) is 6.91. The summed E-state index contributed by atoms with van der Waals surface area (Å²) in [6.07, 6.45) is 5.12. The van der Waals surface area contributed by atoms with Gasteiger partial charge >= 0.3 is 6.09 Å². The number of carbonyl (C=O) groups is 2. The van der Waals surface area contributed by atoms with Crippen LogP contribution in [0, 0.1) is 0 Å². The molecule has 2 amide bonds. The predicted octanol–water partition coefficient (Wildman–Crippen LogP) is 3.46. The maximum absolute atomic E-state index is 13.0. The Balaban J connectivity index is 1.48. The molecule has 2 atom stereocenters. The van der Waals surface area contributed by atoms with E-state index in [1.165, 1.54) is 0 Å². The lowest BCUT2D eigenvalue weighted by Gasteiger charge is -2.41. The van der Waals surface area contributed by atoms with Gasteiger partial charge in [0, 0.05) is 51.1 Å². The van der Waals surface area contributed by atoms with Crippen LogP contribution in [0.25, 0.3) is 5.95 Å². The monoisotopic (exact) mass is 541 g/mol. The number of methoxy groups -OCH3 is 1. The van der Waals surface area contributed by atoms with Crippen LogP contribution in [0.1, 0.15) is 32.3 Å². The fourth-order valence-corrected chi connectivity index (χ4v) is 4.25. The lowest BCUT2D eigenvalue weighted by molar-refractivity contribution is -0.122. The topological polar surface area (TPSA) is 115 Å². The number of anilines is 1. The molecule has 4 rings (SSSR count). The molecule has 0 aliphatic carbocycles. The van der Waals surface area contributed by atoms with Crippen LogP contribution in [0.5, 0.6) is 5.75 Å². The molecule has 11 nitrogen and oxygen atoms in total. The van der Waals surface area contributed by atoms with Gasteiger partial charge in [-0.1, -0.05) is 30.7 Å². The summed E-state index contributed by atoms with van der Waals surface area (Å²) in [6.45, 7) is 5.42. The molecule has 1 fully saturated rings. The number of aromatic nitrogens is 4. The zero-order chi connectivity index (χ0) is 27.1. The first-order valence-electron chi connectivity index (χ1n) is 12.5. The third-order valence-electron chi connectivity index (χ3n) is 6.39. The van der Waals surface area contributed by atoms with Gasteiger partial charge in [-0.25, -0.2) is 14.8 Å². The molecule has 1 aromatic carbocycles. The zero-order valence-corrected chi connectivity index (χ0v) is 22.5. The third-order valence-corrected chi connectivity index (χ3v) is 6.59. The number of piperazine rings is 1. The Hall–Kier alpha value is -3.86. The van der Waals surface area contributed by atoms with Crippen molar-refractivity contribution in [1.82, 2.24) is 29.7 Å². The van der Waals surface area contributed by atoms with Gasteiger partial charge in [-0.3, -0.25) is 9.36 Å². The van der Waals surface area contributed by atoms with Gasteiger partial charge in [0.1, 0.15) is 29.2 Å². The summed E-state index contributed by atoms with van der Waals surface area (Å²) in [4.78, 5) is 42.6. The molecule has 0 saturated carbocycles. The number of nitrogens with zero attached hydrogens (tertiary/aromatic N) is 6. The molecule has 202 valence electrons. The first-order valence-corrected chi connectivity index (χ1v) is 12.9. The van der Waals surface area contributed by atoms with Gasteiger partial charge in [-0.05, 0) is 31.0 Å². The Morgan fingerprint density at radius 2 is 2.00 bits per heavy atom. The summed E-state index contributed by atoms with van der Waals surface area (Å²) in [7, 11) is 1.61.